The third kappa shape index (κ3) is 3.67. The molecule has 2 aromatic heterocycles. The molecule has 0 radical (unpaired) electrons. The van der Waals surface area contributed by atoms with Crippen LogP contribution in [0.3, 0.4) is 0 Å². The molecule has 0 aliphatic heterocycles. The molecule has 1 aromatic carbocycles. The molecule has 0 aliphatic rings. The van der Waals surface area contributed by atoms with Crippen molar-refractivity contribution < 1.29 is 5.11 Å². The van der Waals surface area contributed by atoms with Crippen molar-refractivity contribution in [3.63, 3.8) is 0 Å². The number of aryl methyl sites for hydroxylation is 1. The summed E-state index contributed by atoms with van der Waals surface area (Å²) >= 11 is 1.60. The molecule has 0 bridgehead atoms. The Balaban J connectivity index is 1.62. The Morgan fingerprint density at radius 1 is 1.35 bits per heavy atom. The summed E-state index contributed by atoms with van der Waals surface area (Å²) in [6.45, 7) is 5.11. The zero-order chi connectivity index (χ0) is 16.3. The van der Waals surface area contributed by atoms with Gasteiger partial charge in [0.05, 0.1) is 11.3 Å². The summed E-state index contributed by atoms with van der Waals surface area (Å²) in [6.07, 6.45) is 3.22. The van der Waals surface area contributed by atoms with E-state index in [1.54, 1.807) is 22.3 Å². The van der Waals surface area contributed by atoms with Gasteiger partial charge in [0.2, 0.25) is 0 Å². The first-order valence-corrected chi connectivity index (χ1v) is 8.41. The summed E-state index contributed by atoms with van der Waals surface area (Å²) in [5.74, 6) is 0. The van der Waals surface area contributed by atoms with E-state index >= 15 is 0 Å². The molecule has 1 unspecified atom stereocenters. The normalized spacial score (nSPS) is 13.9. The molecule has 3 rings (SSSR count). The summed E-state index contributed by atoms with van der Waals surface area (Å²) < 4.78 is 1.76. The van der Waals surface area contributed by atoms with Crippen LogP contribution in [0.5, 0.6) is 0 Å². The lowest BCUT2D eigenvalue weighted by molar-refractivity contribution is 0.0571. The SMILES string of the molecule is Cc1cc(CNCC(C)(O)c2ccsc2)ccc1-n1cncn1. The Morgan fingerprint density at radius 3 is 2.87 bits per heavy atom. The fourth-order valence-electron chi connectivity index (χ4n) is 2.54. The lowest BCUT2D eigenvalue weighted by atomic mass is 9.99. The number of hydrogen-bond acceptors (Lipinski definition) is 5. The second-order valence-corrected chi connectivity index (χ2v) is 6.63. The van der Waals surface area contributed by atoms with Gasteiger partial charge in [0.15, 0.2) is 0 Å². The third-order valence-corrected chi connectivity index (χ3v) is 4.55. The van der Waals surface area contributed by atoms with Crippen molar-refractivity contribution in [2.24, 2.45) is 0 Å². The van der Waals surface area contributed by atoms with Crippen LogP contribution in [0.4, 0.5) is 0 Å². The highest BCUT2D eigenvalue weighted by Crippen LogP contribution is 2.22. The molecule has 3 aromatic rings. The Hall–Kier alpha value is -2.02. The number of nitrogens with zero attached hydrogens (tertiary/aromatic N) is 3. The minimum Gasteiger partial charge on any atom is -0.384 e. The molecule has 0 saturated carbocycles. The maximum atomic E-state index is 10.5. The van der Waals surface area contributed by atoms with E-state index in [1.807, 2.05) is 29.8 Å². The molecule has 6 heteroatoms. The van der Waals surface area contributed by atoms with Crippen molar-refractivity contribution in [1.82, 2.24) is 20.1 Å². The van der Waals surface area contributed by atoms with Crippen LogP contribution >= 0.6 is 11.3 Å². The van der Waals surface area contributed by atoms with Crippen LogP contribution in [0.25, 0.3) is 5.69 Å². The van der Waals surface area contributed by atoms with Gasteiger partial charge in [0.25, 0.3) is 0 Å². The van der Waals surface area contributed by atoms with Crippen LogP contribution < -0.4 is 5.32 Å². The Morgan fingerprint density at radius 2 is 2.22 bits per heavy atom. The van der Waals surface area contributed by atoms with Crippen LogP contribution in [0.15, 0.2) is 47.7 Å². The topological polar surface area (TPSA) is 63.0 Å². The lowest BCUT2D eigenvalue weighted by Gasteiger charge is -2.23. The van der Waals surface area contributed by atoms with Crippen molar-refractivity contribution in [2.75, 3.05) is 6.54 Å². The number of aromatic nitrogens is 3. The van der Waals surface area contributed by atoms with Gasteiger partial charge in [0, 0.05) is 13.1 Å². The molecule has 0 saturated heterocycles. The second kappa shape index (κ2) is 6.62. The van der Waals surface area contributed by atoms with Gasteiger partial charge >= 0.3 is 0 Å². The van der Waals surface area contributed by atoms with Gasteiger partial charge in [-0.2, -0.15) is 16.4 Å². The lowest BCUT2D eigenvalue weighted by Crippen LogP contribution is -2.34. The first-order valence-electron chi connectivity index (χ1n) is 7.46. The van der Waals surface area contributed by atoms with Crippen molar-refractivity contribution >= 4 is 11.3 Å². The van der Waals surface area contributed by atoms with Crippen LogP contribution in [0.2, 0.25) is 0 Å². The first-order chi connectivity index (χ1) is 11.1. The zero-order valence-electron chi connectivity index (χ0n) is 13.2. The monoisotopic (exact) mass is 328 g/mol. The predicted molar refractivity (Wildman–Crippen MR) is 91.7 cm³/mol. The van der Waals surface area contributed by atoms with Gasteiger partial charge in [-0.3, -0.25) is 0 Å². The zero-order valence-corrected chi connectivity index (χ0v) is 14.0. The van der Waals surface area contributed by atoms with E-state index in [2.05, 4.69) is 34.5 Å². The van der Waals surface area contributed by atoms with E-state index in [-0.39, 0.29) is 0 Å². The molecule has 0 amide bonds. The highest BCUT2D eigenvalue weighted by molar-refractivity contribution is 7.08. The van der Waals surface area contributed by atoms with E-state index in [9.17, 15) is 5.11 Å². The van der Waals surface area contributed by atoms with Gasteiger partial charge in [-0.05, 0) is 53.4 Å². The predicted octanol–water partition coefficient (Wildman–Crippen LogP) is 2.63. The van der Waals surface area contributed by atoms with Crippen molar-refractivity contribution in [2.45, 2.75) is 26.0 Å². The summed E-state index contributed by atoms with van der Waals surface area (Å²) in [7, 11) is 0. The largest absolute Gasteiger partial charge is 0.384 e. The van der Waals surface area contributed by atoms with Crippen molar-refractivity contribution in [3.8, 4) is 5.69 Å². The number of aliphatic hydroxyl groups is 1. The van der Waals surface area contributed by atoms with E-state index in [0.29, 0.717) is 13.1 Å². The average Bonchev–Trinajstić information content (AvgIpc) is 3.21. The molecule has 2 heterocycles. The van der Waals surface area contributed by atoms with Gasteiger partial charge in [-0.25, -0.2) is 9.67 Å². The van der Waals surface area contributed by atoms with Crippen molar-refractivity contribution in [3.05, 3.63) is 64.4 Å². The third-order valence-electron chi connectivity index (χ3n) is 3.87. The van der Waals surface area contributed by atoms with Crippen LogP contribution in [-0.2, 0) is 12.1 Å². The van der Waals surface area contributed by atoms with E-state index < -0.39 is 5.60 Å². The Bertz CT molecular complexity index is 751. The fraction of sp³-hybridized carbons (Fsp3) is 0.294. The number of nitrogens with one attached hydrogen (secondary N) is 1. The number of benzene rings is 1. The summed E-state index contributed by atoms with van der Waals surface area (Å²) in [4.78, 5) is 3.98. The minimum absolute atomic E-state index is 0.508. The van der Waals surface area contributed by atoms with Crippen LogP contribution in [0, 0.1) is 6.92 Å². The van der Waals surface area contributed by atoms with Crippen LogP contribution in [0.1, 0.15) is 23.6 Å². The Kier molecular flexibility index (Phi) is 4.56. The highest BCUT2D eigenvalue weighted by atomic mass is 32.1. The second-order valence-electron chi connectivity index (χ2n) is 5.85. The summed E-state index contributed by atoms with van der Waals surface area (Å²) in [5.41, 5.74) is 3.44. The van der Waals surface area contributed by atoms with Gasteiger partial charge < -0.3 is 10.4 Å². The summed E-state index contributed by atoms with van der Waals surface area (Å²) in [6, 6.07) is 8.20. The molecular formula is C17H20N4OS. The van der Waals surface area contributed by atoms with Crippen molar-refractivity contribution in [1.29, 1.82) is 0 Å². The molecule has 120 valence electrons. The number of rotatable bonds is 6. The standard InChI is InChI=1S/C17H20N4OS/c1-13-7-14(3-4-16(13)21-12-19-11-20-21)8-18-10-17(2,22)15-5-6-23-9-15/h3-7,9,11-12,18,22H,8,10H2,1-2H3. The maximum Gasteiger partial charge on any atom is 0.138 e. The summed E-state index contributed by atoms with van der Waals surface area (Å²) in [5, 5.41) is 22.0. The smallest absolute Gasteiger partial charge is 0.138 e. The molecule has 1 atom stereocenters. The average molecular weight is 328 g/mol. The Labute approximate surface area is 139 Å². The molecule has 2 N–H and O–H groups in total. The van der Waals surface area contributed by atoms with Gasteiger partial charge in [-0.15, -0.1) is 0 Å². The molecule has 5 nitrogen and oxygen atoms in total. The molecule has 0 spiro atoms. The van der Waals surface area contributed by atoms with E-state index in [1.165, 1.54) is 11.9 Å². The molecule has 0 fully saturated rings. The van der Waals surface area contributed by atoms with E-state index in [4.69, 9.17) is 0 Å². The quantitative estimate of drug-likeness (QED) is 0.730. The van der Waals surface area contributed by atoms with Gasteiger partial charge in [0.1, 0.15) is 12.7 Å². The minimum atomic E-state index is -0.851. The molecule has 23 heavy (non-hydrogen) atoms. The number of thiophene rings is 1. The first kappa shape index (κ1) is 15.9. The van der Waals surface area contributed by atoms with E-state index in [0.717, 1.165) is 16.8 Å². The molecule has 0 aliphatic carbocycles. The van der Waals surface area contributed by atoms with Crippen LogP contribution in [-0.4, -0.2) is 26.4 Å². The molecular weight excluding hydrogens is 308 g/mol. The van der Waals surface area contributed by atoms with Gasteiger partial charge in [-0.1, -0.05) is 12.1 Å². The highest BCUT2D eigenvalue weighted by Gasteiger charge is 2.22. The maximum absolute atomic E-state index is 10.5. The fourth-order valence-corrected chi connectivity index (χ4v) is 3.32. The number of hydrogen-bond donors (Lipinski definition) is 2.